The fraction of sp³-hybridized carbons (Fsp3) is 0.929. The maximum atomic E-state index is 11.1. The summed E-state index contributed by atoms with van der Waals surface area (Å²) in [5.74, 6) is 1.15. The Labute approximate surface area is 100 Å². The van der Waals surface area contributed by atoms with Gasteiger partial charge in [0.05, 0.1) is 0 Å². The van der Waals surface area contributed by atoms with Gasteiger partial charge >= 0.3 is 0 Å². The van der Waals surface area contributed by atoms with Crippen molar-refractivity contribution >= 4 is 5.78 Å². The first kappa shape index (κ1) is 13.7. The third-order valence-corrected chi connectivity index (χ3v) is 3.96. The van der Waals surface area contributed by atoms with E-state index in [1.54, 1.807) is 6.92 Å². The fourth-order valence-electron chi connectivity index (χ4n) is 2.75. The zero-order chi connectivity index (χ0) is 12.3. The van der Waals surface area contributed by atoms with E-state index in [1.165, 1.54) is 12.8 Å². The number of carbonyl (C=O) groups excluding carboxylic acids is 1. The van der Waals surface area contributed by atoms with Gasteiger partial charge in [-0.1, -0.05) is 20.8 Å². The summed E-state index contributed by atoms with van der Waals surface area (Å²) in [5.41, 5.74) is 0.440. The SMILES string of the molecule is CC(=O)CC(C)N1CCC(C(C)(C)C)CC1. The first-order valence-electron chi connectivity index (χ1n) is 6.54. The van der Waals surface area contributed by atoms with Gasteiger partial charge in [0.15, 0.2) is 0 Å². The van der Waals surface area contributed by atoms with Gasteiger partial charge < -0.3 is 4.90 Å². The normalized spacial score (nSPS) is 22.1. The van der Waals surface area contributed by atoms with Crippen LogP contribution in [0.25, 0.3) is 0 Å². The summed E-state index contributed by atoms with van der Waals surface area (Å²) in [6, 6.07) is 0.429. The molecule has 0 saturated carbocycles. The molecule has 1 aliphatic heterocycles. The number of piperidine rings is 1. The van der Waals surface area contributed by atoms with Crippen LogP contribution in [0.3, 0.4) is 0 Å². The molecule has 1 fully saturated rings. The lowest BCUT2D eigenvalue weighted by Crippen LogP contribution is -2.43. The zero-order valence-electron chi connectivity index (χ0n) is 11.5. The molecule has 94 valence electrons. The number of Topliss-reactive ketones (excluding diaryl/α,β-unsaturated/α-hetero) is 1. The van der Waals surface area contributed by atoms with Gasteiger partial charge in [-0.2, -0.15) is 0 Å². The summed E-state index contributed by atoms with van der Waals surface area (Å²) in [6.07, 6.45) is 3.28. The molecule has 0 N–H and O–H groups in total. The van der Waals surface area contributed by atoms with Crippen LogP contribution >= 0.6 is 0 Å². The smallest absolute Gasteiger partial charge is 0.131 e. The van der Waals surface area contributed by atoms with Crippen LogP contribution < -0.4 is 0 Å². The zero-order valence-corrected chi connectivity index (χ0v) is 11.5. The Morgan fingerprint density at radius 2 is 1.81 bits per heavy atom. The number of hydrogen-bond acceptors (Lipinski definition) is 2. The number of hydrogen-bond donors (Lipinski definition) is 0. The molecule has 1 rings (SSSR count). The van der Waals surface area contributed by atoms with Crippen molar-refractivity contribution in [1.29, 1.82) is 0 Å². The summed E-state index contributed by atoms with van der Waals surface area (Å²) in [4.78, 5) is 13.6. The molecule has 0 aromatic heterocycles. The van der Waals surface area contributed by atoms with Crippen LogP contribution in [0.1, 0.15) is 53.9 Å². The van der Waals surface area contributed by atoms with Crippen LogP contribution in [0, 0.1) is 11.3 Å². The molecule has 1 heterocycles. The summed E-state index contributed by atoms with van der Waals surface area (Å²) in [5, 5.41) is 0. The maximum Gasteiger partial charge on any atom is 0.131 e. The van der Waals surface area contributed by atoms with Gasteiger partial charge in [0.25, 0.3) is 0 Å². The summed E-state index contributed by atoms with van der Waals surface area (Å²) in [6.45, 7) is 13.2. The van der Waals surface area contributed by atoms with Crippen molar-refractivity contribution in [2.45, 2.75) is 59.9 Å². The van der Waals surface area contributed by atoms with Crippen LogP contribution in [0.4, 0.5) is 0 Å². The van der Waals surface area contributed by atoms with Crippen molar-refractivity contribution in [2.24, 2.45) is 11.3 Å². The minimum atomic E-state index is 0.311. The Bertz CT molecular complexity index is 234. The third kappa shape index (κ3) is 3.89. The highest BCUT2D eigenvalue weighted by atomic mass is 16.1. The second-order valence-electron chi connectivity index (χ2n) is 6.43. The molecular weight excluding hydrogens is 198 g/mol. The molecule has 0 aromatic carbocycles. The topological polar surface area (TPSA) is 20.3 Å². The molecule has 0 amide bonds. The first-order valence-corrected chi connectivity index (χ1v) is 6.54. The van der Waals surface area contributed by atoms with Crippen LogP contribution in [0.2, 0.25) is 0 Å². The molecule has 2 nitrogen and oxygen atoms in total. The molecule has 0 bridgehead atoms. The lowest BCUT2D eigenvalue weighted by Gasteiger charge is -2.41. The predicted molar refractivity (Wildman–Crippen MR) is 68.5 cm³/mol. The monoisotopic (exact) mass is 225 g/mol. The van der Waals surface area contributed by atoms with E-state index in [9.17, 15) is 4.79 Å². The molecular formula is C14H27NO. The van der Waals surface area contributed by atoms with Crippen LogP contribution in [0.5, 0.6) is 0 Å². The van der Waals surface area contributed by atoms with E-state index in [0.717, 1.165) is 19.0 Å². The lowest BCUT2D eigenvalue weighted by molar-refractivity contribution is -0.118. The number of ketones is 1. The van der Waals surface area contributed by atoms with Crippen molar-refractivity contribution < 1.29 is 4.79 Å². The van der Waals surface area contributed by atoms with E-state index < -0.39 is 0 Å². The summed E-state index contributed by atoms with van der Waals surface area (Å²) < 4.78 is 0. The quantitative estimate of drug-likeness (QED) is 0.735. The summed E-state index contributed by atoms with van der Waals surface area (Å²) >= 11 is 0. The average molecular weight is 225 g/mol. The minimum absolute atomic E-state index is 0.311. The standard InChI is InChI=1S/C14H27NO/c1-11(10-12(2)16)15-8-6-13(7-9-15)14(3,4)5/h11,13H,6-10H2,1-5H3. The van der Waals surface area contributed by atoms with E-state index in [0.29, 0.717) is 23.7 Å². The second-order valence-corrected chi connectivity index (χ2v) is 6.43. The number of likely N-dealkylation sites (tertiary alicyclic amines) is 1. The predicted octanol–water partition coefficient (Wildman–Crippen LogP) is 3.11. The third-order valence-electron chi connectivity index (χ3n) is 3.96. The molecule has 1 atom stereocenters. The highest BCUT2D eigenvalue weighted by molar-refractivity contribution is 5.76. The van der Waals surface area contributed by atoms with E-state index in [2.05, 4.69) is 32.6 Å². The molecule has 1 aliphatic rings. The summed E-state index contributed by atoms with van der Waals surface area (Å²) in [7, 11) is 0. The van der Waals surface area contributed by atoms with Crippen molar-refractivity contribution in [2.75, 3.05) is 13.1 Å². The van der Waals surface area contributed by atoms with Gasteiger partial charge in [-0.3, -0.25) is 4.79 Å². The highest BCUT2D eigenvalue weighted by Gasteiger charge is 2.30. The minimum Gasteiger partial charge on any atom is -0.300 e. The molecule has 2 heteroatoms. The molecule has 1 unspecified atom stereocenters. The van der Waals surface area contributed by atoms with Gasteiger partial charge in [0.1, 0.15) is 5.78 Å². The van der Waals surface area contributed by atoms with Crippen molar-refractivity contribution in [3.8, 4) is 0 Å². The highest BCUT2D eigenvalue weighted by Crippen LogP contribution is 2.34. The molecule has 0 aliphatic carbocycles. The largest absolute Gasteiger partial charge is 0.300 e. The van der Waals surface area contributed by atoms with Gasteiger partial charge in [0.2, 0.25) is 0 Å². The van der Waals surface area contributed by atoms with Gasteiger partial charge in [0, 0.05) is 12.5 Å². The Kier molecular flexibility index (Phi) is 4.54. The van der Waals surface area contributed by atoms with Crippen LogP contribution in [-0.4, -0.2) is 29.8 Å². The Hall–Kier alpha value is -0.370. The fourth-order valence-corrected chi connectivity index (χ4v) is 2.75. The number of carbonyl (C=O) groups is 1. The van der Waals surface area contributed by atoms with E-state index in [-0.39, 0.29) is 0 Å². The maximum absolute atomic E-state index is 11.1. The second kappa shape index (κ2) is 5.31. The molecule has 0 radical (unpaired) electrons. The Morgan fingerprint density at radius 1 is 1.31 bits per heavy atom. The molecule has 16 heavy (non-hydrogen) atoms. The van der Waals surface area contributed by atoms with Gasteiger partial charge in [-0.25, -0.2) is 0 Å². The van der Waals surface area contributed by atoms with Crippen LogP contribution in [0.15, 0.2) is 0 Å². The van der Waals surface area contributed by atoms with Crippen molar-refractivity contribution in [3.63, 3.8) is 0 Å². The molecule has 0 aromatic rings. The van der Waals surface area contributed by atoms with Crippen LogP contribution in [-0.2, 0) is 4.79 Å². The van der Waals surface area contributed by atoms with E-state index >= 15 is 0 Å². The van der Waals surface area contributed by atoms with Crippen molar-refractivity contribution in [3.05, 3.63) is 0 Å². The first-order chi connectivity index (χ1) is 7.30. The Morgan fingerprint density at radius 3 is 2.19 bits per heavy atom. The lowest BCUT2D eigenvalue weighted by atomic mass is 9.75. The molecule has 1 saturated heterocycles. The van der Waals surface area contributed by atoms with Gasteiger partial charge in [-0.15, -0.1) is 0 Å². The number of rotatable bonds is 3. The van der Waals surface area contributed by atoms with Gasteiger partial charge in [-0.05, 0) is 51.1 Å². The molecule has 0 spiro atoms. The average Bonchev–Trinajstić information content (AvgIpc) is 2.15. The van der Waals surface area contributed by atoms with Crippen molar-refractivity contribution in [1.82, 2.24) is 4.90 Å². The van der Waals surface area contributed by atoms with E-state index in [1.807, 2.05) is 0 Å². The Balaban J connectivity index is 2.40. The van der Waals surface area contributed by atoms with E-state index in [4.69, 9.17) is 0 Å². The number of nitrogens with zero attached hydrogens (tertiary/aromatic N) is 1.